The van der Waals surface area contributed by atoms with E-state index in [2.05, 4.69) is 6.58 Å². The van der Waals surface area contributed by atoms with Crippen LogP contribution in [0.15, 0.2) is 12.7 Å². The van der Waals surface area contributed by atoms with Crippen molar-refractivity contribution in [2.75, 3.05) is 5.75 Å². The standard InChI is InChI=1S/C10H19NO2S/c1-4-5-6-7-14-10(2,3)8(11)9(12)13/h4,8H,1,5-7,11H2,2-3H3,(H,12,13)/t8-/m1/s1. The summed E-state index contributed by atoms with van der Waals surface area (Å²) < 4.78 is -0.410. The Kier molecular flexibility index (Phi) is 5.88. The normalized spacial score (nSPS) is 13.6. The summed E-state index contributed by atoms with van der Waals surface area (Å²) in [6, 6.07) is -0.809. The Morgan fingerprint density at radius 1 is 1.71 bits per heavy atom. The lowest BCUT2D eigenvalue weighted by atomic mass is 10.1. The smallest absolute Gasteiger partial charge is 0.321 e. The SMILES string of the molecule is C=CCCCSC(C)(C)[C@H](N)C(=O)O. The van der Waals surface area contributed by atoms with Crippen LogP contribution in [-0.4, -0.2) is 27.6 Å². The molecule has 0 aromatic carbocycles. The van der Waals surface area contributed by atoms with Crippen LogP contribution < -0.4 is 5.73 Å². The first-order valence-corrected chi connectivity index (χ1v) is 5.63. The summed E-state index contributed by atoms with van der Waals surface area (Å²) >= 11 is 1.60. The number of carbonyl (C=O) groups is 1. The molecule has 0 spiro atoms. The third-order valence-electron chi connectivity index (χ3n) is 2.04. The molecule has 0 amide bonds. The van der Waals surface area contributed by atoms with Crippen LogP contribution in [0.4, 0.5) is 0 Å². The second-order valence-electron chi connectivity index (χ2n) is 3.70. The summed E-state index contributed by atoms with van der Waals surface area (Å²) in [5.41, 5.74) is 5.57. The average molecular weight is 217 g/mol. The van der Waals surface area contributed by atoms with Crippen LogP contribution in [0.2, 0.25) is 0 Å². The third-order valence-corrected chi connectivity index (χ3v) is 3.53. The van der Waals surface area contributed by atoms with Crippen molar-refractivity contribution in [2.24, 2.45) is 5.73 Å². The molecular formula is C10H19NO2S. The van der Waals surface area contributed by atoms with Gasteiger partial charge >= 0.3 is 5.97 Å². The molecule has 0 aromatic heterocycles. The topological polar surface area (TPSA) is 63.3 Å². The lowest BCUT2D eigenvalue weighted by Gasteiger charge is -2.27. The molecule has 3 N–H and O–H groups in total. The molecule has 1 atom stereocenters. The molecule has 0 aliphatic heterocycles. The fourth-order valence-corrected chi connectivity index (χ4v) is 2.07. The molecule has 0 unspecified atom stereocenters. The number of allylic oxidation sites excluding steroid dienone is 1. The number of nitrogens with two attached hydrogens (primary N) is 1. The van der Waals surface area contributed by atoms with Crippen LogP contribution >= 0.6 is 11.8 Å². The molecule has 82 valence electrons. The van der Waals surface area contributed by atoms with Crippen molar-refractivity contribution in [3.8, 4) is 0 Å². The molecule has 3 nitrogen and oxygen atoms in total. The van der Waals surface area contributed by atoms with Crippen molar-refractivity contribution < 1.29 is 9.90 Å². The number of thioether (sulfide) groups is 1. The molecule has 0 aliphatic rings. The zero-order chi connectivity index (χ0) is 11.2. The lowest BCUT2D eigenvalue weighted by molar-refractivity contribution is -0.139. The monoisotopic (exact) mass is 217 g/mol. The minimum Gasteiger partial charge on any atom is -0.480 e. The molecule has 0 heterocycles. The van der Waals surface area contributed by atoms with E-state index in [4.69, 9.17) is 10.8 Å². The average Bonchev–Trinajstić information content (AvgIpc) is 2.11. The van der Waals surface area contributed by atoms with E-state index < -0.39 is 16.8 Å². The minimum atomic E-state index is -0.939. The summed E-state index contributed by atoms with van der Waals surface area (Å²) in [6.07, 6.45) is 3.85. The Morgan fingerprint density at radius 2 is 2.29 bits per heavy atom. The van der Waals surface area contributed by atoms with Gasteiger partial charge in [0.15, 0.2) is 0 Å². The number of rotatable bonds is 7. The van der Waals surface area contributed by atoms with Crippen LogP contribution in [0.3, 0.4) is 0 Å². The fraction of sp³-hybridized carbons (Fsp3) is 0.700. The molecular weight excluding hydrogens is 198 g/mol. The highest BCUT2D eigenvalue weighted by molar-refractivity contribution is 8.00. The van der Waals surface area contributed by atoms with Gasteiger partial charge in [0, 0.05) is 4.75 Å². The van der Waals surface area contributed by atoms with Gasteiger partial charge in [0.2, 0.25) is 0 Å². The van der Waals surface area contributed by atoms with Gasteiger partial charge in [-0.05, 0) is 32.4 Å². The van der Waals surface area contributed by atoms with E-state index in [1.54, 1.807) is 11.8 Å². The summed E-state index contributed by atoms with van der Waals surface area (Å²) in [4.78, 5) is 10.7. The van der Waals surface area contributed by atoms with Crippen LogP contribution in [0, 0.1) is 0 Å². The first-order chi connectivity index (χ1) is 6.41. The van der Waals surface area contributed by atoms with Crippen molar-refractivity contribution in [2.45, 2.75) is 37.5 Å². The maximum Gasteiger partial charge on any atom is 0.321 e. The Hall–Kier alpha value is -0.480. The zero-order valence-corrected chi connectivity index (χ0v) is 9.64. The lowest BCUT2D eigenvalue weighted by Crippen LogP contribution is -2.46. The maximum absolute atomic E-state index is 10.7. The number of hydrogen-bond donors (Lipinski definition) is 2. The Bertz CT molecular complexity index is 204. The minimum absolute atomic E-state index is 0.410. The van der Waals surface area contributed by atoms with Crippen LogP contribution in [0.5, 0.6) is 0 Å². The first-order valence-electron chi connectivity index (χ1n) is 4.65. The molecule has 0 saturated heterocycles. The van der Waals surface area contributed by atoms with Crippen molar-refractivity contribution in [1.29, 1.82) is 0 Å². The molecule has 0 saturated carbocycles. The Morgan fingerprint density at radius 3 is 2.71 bits per heavy atom. The Labute approximate surface area is 89.8 Å². The molecule has 14 heavy (non-hydrogen) atoms. The van der Waals surface area contributed by atoms with E-state index in [0.29, 0.717) is 0 Å². The largest absolute Gasteiger partial charge is 0.480 e. The second kappa shape index (κ2) is 6.09. The van der Waals surface area contributed by atoms with E-state index in [9.17, 15) is 4.79 Å². The number of carboxylic acids is 1. The van der Waals surface area contributed by atoms with Gasteiger partial charge in [0.1, 0.15) is 6.04 Å². The third kappa shape index (κ3) is 4.67. The molecule has 0 radical (unpaired) electrons. The van der Waals surface area contributed by atoms with E-state index in [1.807, 2.05) is 19.9 Å². The fourth-order valence-electron chi connectivity index (χ4n) is 0.950. The highest BCUT2D eigenvalue weighted by atomic mass is 32.2. The van der Waals surface area contributed by atoms with Gasteiger partial charge in [-0.3, -0.25) is 4.79 Å². The van der Waals surface area contributed by atoms with Crippen molar-refractivity contribution in [3.05, 3.63) is 12.7 Å². The van der Waals surface area contributed by atoms with Gasteiger partial charge in [-0.2, -0.15) is 11.8 Å². The predicted octanol–water partition coefficient (Wildman–Crippen LogP) is 1.88. The maximum atomic E-state index is 10.7. The zero-order valence-electron chi connectivity index (χ0n) is 8.82. The van der Waals surface area contributed by atoms with Crippen molar-refractivity contribution >= 4 is 17.7 Å². The van der Waals surface area contributed by atoms with Gasteiger partial charge in [0.05, 0.1) is 0 Å². The number of aliphatic carboxylic acids is 1. The van der Waals surface area contributed by atoms with Crippen LogP contribution in [0.25, 0.3) is 0 Å². The summed E-state index contributed by atoms with van der Waals surface area (Å²) in [5, 5.41) is 8.77. The van der Waals surface area contributed by atoms with Gasteiger partial charge in [0.25, 0.3) is 0 Å². The number of carboxylic acid groups (broad SMARTS) is 1. The second-order valence-corrected chi connectivity index (χ2v) is 5.45. The number of hydrogen-bond acceptors (Lipinski definition) is 3. The molecule has 0 bridgehead atoms. The van der Waals surface area contributed by atoms with E-state index >= 15 is 0 Å². The molecule has 4 heteroatoms. The van der Waals surface area contributed by atoms with E-state index in [1.165, 1.54) is 0 Å². The highest BCUT2D eigenvalue weighted by Gasteiger charge is 2.31. The van der Waals surface area contributed by atoms with Gasteiger partial charge in [-0.25, -0.2) is 0 Å². The van der Waals surface area contributed by atoms with E-state index in [0.717, 1.165) is 18.6 Å². The molecule has 0 rings (SSSR count). The molecule has 0 aromatic rings. The van der Waals surface area contributed by atoms with Crippen molar-refractivity contribution in [3.63, 3.8) is 0 Å². The van der Waals surface area contributed by atoms with Gasteiger partial charge < -0.3 is 10.8 Å². The summed E-state index contributed by atoms with van der Waals surface area (Å²) in [5.74, 6) is -0.0220. The first kappa shape index (κ1) is 13.5. The highest BCUT2D eigenvalue weighted by Crippen LogP contribution is 2.28. The predicted molar refractivity (Wildman–Crippen MR) is 61.6 cm³/mol. The summed E-state index contributed by atoms with van der Waals surface area (Å²) in [6.45, 7) is 7.36. The van der Waals surface area contributed by atoms with Crippen LogP contribution in [-0.2, 0) is 4.79 Å². The summed E-state index contributed by atoms with van der Waals surface area (Å²) in [7, 11) is 0. The van der Waals surface area contributed by atoms with E-state index in [-0.39, 0.29) is 0 Å². The van der Waals surface area contributed by atoms with Crippen molar-refractivity contribution in [1.82, 2.24) is 0 Å². The molecule has 0 aliphatic carbocycles. The number of unbranched alkanes of at least 4 members (excludes halogenated alkanes) is 1. The Balaban J connectivity index is 3.93. The quantitative estimate of drug-likeness (QED) is 0.505. The van der Waals surface area contributed by atoms with Gasteiger partial charge in [-0.15, -0.1) is 6.58 Å². The van der Waals surface area contributed by atoms with Crippen LogP contribution in [0.1, 0.15) is 26.7 Å². The van der Waals surface area contributed by atoms with Gasteiger partial charge in [-0.1, -0.05) is 6.08 Å². The molecule has 0 fully saturated rings.